The van der Waals surface area contributed by atoms with Crippen LogP contribution >= 0.6 is 23.2 Å². The normalized spacial score (nSPS) is 11.1. The van der Waals surface area contributed by atoms with E-state index in [0.717, 1.165) is 6.07 Å². The highest BCUT2D eigenvalue weighted by molar-refractivity contribution is 6.38. The zero-order chi connectivity index (χ0) is 22.6. The van der Waals surface area contributed by atoms with Crippen molar-refractivity contribution in [2.45, 2.75) is 26.1 Å². The molecule has 0 bridgehead atoms. The second kappa shape index (κ2) is 9.40. The Hall–Kier alpha value is -2.71. The number of alkyl halides is 1. The molecule has 1 aromatic heterocycles. The van der Waals surface area contributed by atoms with Gasteiger partial charge >= 0.3 is 11.9 Å². The van der Waals surface area contributed by atoms with E-state index in [4.69, 9.17) is 32.7 Å². The van der Waals surface area contributed by atoms with Crippen LogP contribution in [0.5, 0.6) is 0 Å². The molecule has 0 radical (unpaired) electrons. The lowest BCUT2D eigenvalue weighted by Gasteiger charge is -2.23. The Labute approximate surface area is 182 Å². The Bertz CT molecular complexity index is 1070. The highest BCUT2D eigenvalue weighted by Crippen LogP contribution is 2.32. The summed E-state index contributed by atoms with van der Waals surface area (Å²) in [6.07, 6.45) is 1.37. The van der Waals surface area contributed by atoms with E-state index in [1.807, 2.05) is 0 Å². The van der Waals surface area contributed by atoms with Crippen molar-refractivity contribution in [2.75, 3.05) is 6.61 Å². The molecule has 0 N–H and O–H groups in total. The van der Waals surface area contributed by atoms with E-state index in [2.05, 4.69) is 11.7 Å². The van der Waals surface area contributed by atoms with E-state index in [1.165, 1.54) is 43.8 Å². The molecular weight excluding hydrogens is 438 g/mol. The zero-order valence-corrected chi connectivity index (χ0v) is 18.0. The predicted molar refractivity (Wildman–Crippen MR) is 110 cm³/mol. The Morgan fingerprint density at radius 2 is 1.93 bits per heavy atom. The topological polar surface area (TPSA) is 87.5 Å². The first-order valence-electron chi connectivity index (χ1n) is 8.66. The third kappa shape index (κ3) is 5.06. The number of hydrogen-bond acceptors (Lipinski definition) is 6. The first-order chi connectivity index (χ1) is 14.0. The molecule has 2 aromatic rings. The van der Waals surface area contributed by atoms with Gasteiger partial charge in [0.05, 0.1) is 21.3 Å². The van der Waals surface area contributed by atoms with Gasteiger partial charge in [-0.2, -0.15) is 5.10 Å². The Morgan fingerprint density at radius 1 is 1.27 bits per heavy atom. The summed E-state index contributed by atoms with van der Waals surface area (Å²) < 4.78 is 24.3. The van der Waals surface area contributed by atoms with Gasteiger partial charge in [-0.25, -0.2) is 14.0 Å². The summed E-state index contributed by atoms with van der Waals surface area (Å²) in [5.74, 6) is -1.71. The minimum Gasteiger partial charge on any atom is -0.459 e. The van der Waals surface area contributed by atoms with Crippen molar-refractivity contribution < 1.29 is 23.5 Å². The van der Waals surface area contributed by atoms with Gasteiger partial charge in [0.15, 0.2) is 0 Å². The molecule has 10 heteroatoms. The third-order valence-electron chi connectivity index (χ3n) is 4.04. The number of aryl methyl sites for hydroxylation is 1. The van der Waals surface area contributed by atoms with Crippen molar-refractivity contribution in [3.63, 3.8) is 0 Å². The quantitative estimate of drug-likeness (QED) is 0.463. The molecule has 0 fully saturated rings. The summed E-state index contributed by atoms with van der Waals surface area (Å²) in [5.41, 5.74) is -2.26. The molecule has 0 saturated heterocycles. The number of rotatable bonds is 7. The van der Waals surface area contributed by atoms with Gasteiger partial charge in [0, 0.05) is 18.7 Å². The van der Waals surface area contributed by atoms with E-state index in [1.54, 1.807) is 0 Å². The van der Waals surface area contributed by atoms with E-state index < -0.39 is 29.6 Å². The average Bonchev–Trinajstić information content (AvgIpc) is 2.67. The SMILES string of the molecule is C=CCOC(=O)C(C)(C)OC(=O)c1cc(-c2nn(C)c(CF)cc2=O)c(Cl)cc1Cl. The lowest BCUT2D eigenvalue weighted by Crippen LogP contribution is -2.39. The van der Waals surface area contributed by atoms with Gasteiger partial charge in [-0.05, 0) is 26.0 Å². The molecule has 0 saturated carbocycles. The van der Waals surface area contributed by atoms with E-state index >= 15 is 0 Å². The summed E-state index contributed by atoms with van der Waals surface area (Å²) in [7, 11) is 1.47. The molecule has 30 heavy (non-hydrogen) atoms. The molecule has 0 aliphatic rings. The van der Waals surface area contributed by atoms with Gasteiger partial charge in [0.25, 0.3) is 0 Å². The summed E-state index contributed by atoms with van der Waals surface area (Å²) in [6.45, 7) is 5.23. The number of carbonyl (C=O) groups is 2. The van der Waals surface area contributed by atoms with Crippen molar-refractivity contribution >= 4 is 35.1 Å². The summed E-state index contributed by atoms with van der Waals surface area (Å²) in [6, 6.07) is 3.57. The number of carbonyl (C=O) groups excluding carboxylic acids is 2. The van der Waals surface area contributed by atoms with Crippen LogP contribution < -0.4 is 5.43 Å². The molecule has 1 aromatic carbocycles. The van der Waals surface area contributed by atoms with Gasteiger partial charge in [0.1, 0.15) is 19.0 Å². The smallest absolute Gasteiger partial charge is 0.350 e. The van der Waals surface area contributed by atoms with Crippen LogP contribution in [-0.2, 0) is 28.0 Å². The van der Waals surface area contributed by atoms with Crippen molar-refractivity contribution in [3.8, 4) is 11.3 Å². The van der Waals surface area contributed by atoms with Crippen LogP contribution in [0.1, 0.15) is 29.9 Å². The number of hydrogen-bond donors (Lipinski definition) is 0. The fourth-order valence-electron chi connectivity index (χ4n) is 2.41. The van der Waals surface area contributed by atoms with Crippen LogP contribution in [0.2, 0.25) is 10.0 Å². The largest absolute Gasteiger partial charge is 0.459 e. The molecule has 0 spiro atoms. The van der Waals surface area contributed by atoms with E-state index in [9.17, 15) is 18.8 Å². The van der Waals surface area contributed by atoms with Gasteiger partial charge in [0.2, 0.25) is 11.0 Å². The molecule has 0 amide bonds. The summed E-state index contributed by atoms with van der Waals surface area (Å²) in [5, 5.41) is 4.04. The first kappa shape index (κ1) is 23.6. The molecule has 0 unspecified atom stereocenters. The predicted octanol–water partition coefficient (Wildman–Crippen LogP) is 3.89. The maximum absolute atomic E-state index is 13.0. The second-order valence-electron chi connectivity index (χ2n) is 6.70. The third-order valence-corrected chi connectivity index (χ3v) is 4.66. The lowest BCUT2D eigenvalue weighted by atomic mass is 10.1. The molecule has 0 aliphatic heterocycles. The zero-order valence-electron chi connectivity index (χ0n) is 16.5. The monoisotopic (exact) mass is 456 g/mol. The maximum Gasteiger partial charge on any atom is 0.350 e. The standard InChI is InChI=1S/C20H19Cl2FN2O5/c1-5-6-29-19(28)20(2,3)30-18(27)13-8-12(14(21)9-15(13)22)17-16(26)7-11(10-23)25(4)24-17/h5,7-9H,1,6,10H2,2-4H3. The summed E-state index contributed by atoms with van der Waals surface area (Å²) >= 11 is 12.3. The minimum atomic E-state index is -1.61. The van der Waals surface area contributed by atoms with E-state index in [-0.39, 0.29) is 39.2 Å². The van der Waals surface area contributed by atoms with Gasteiger partial charge in [-0.1, -0.05) is 35.9 Å². The van der Waals surface area contributed by atoms with Crippen molar-refractivity contribution in [2.24, 2.45) is 7.05 Å². The molecule has 160 valence electrons. The highest BCUT2D eigenvalue weighted by atomic mass is 35.5. The lowest BCUT2D eigenvalue weighted by molar-refractivity contribution is -0.161. The number of ether oxygens (including phenoxy) is 2. The van der Waals surface area contributed by atoms with Crippen LogP contribution in [-0.4, -0.2) is 33.9 Å². The van der Waals surface area contributed by atoms with Crippen LogP contribution in [0.3, 0.4) is 0 Å². The highest BCUT2D eigenvalue weighted by Gasteiger charge is 2.35. The number of halogens is 3. The van der Waals surface area contributed by atoms with Gasteiger partial charge in [-0.3, -0.25) is 9.48 Å². The molecule has 1 heterocycles. The average molecular weight is 457 g/mol. The van der Waals surface area contributed by atoms with E-state index in [0.29, 0.717) is 0 Å². The Balaban J connectivity index is 2.46. The first-order valence-corrected chi connectivity index (χ1v) is 9.41. The second-order valence-corrected chi connectivity index (χ2v) is 7.52. The number of nitrogens with zero attached hydrogens (tertiary/aromatic N) is 2. The molecule has 2 rings (SSSR count). The molecular formula is C20H19Cl2FN2O5. The fraction of sp³-hybridized carbons (Fsp3) is 0.300. The van der Waals surface area contributed by atoms with Crippen LogP contribution in [0, 0.1) is 0 Å². The maximum atomic E-state index is 13.0. The number of aromatic nitrogens is 2. The van der Waals surface area contributed by atoms with Crippen molar-refractivity contribution in [3.05, 3.63) is 62.4 Å². The Morgan fingerprint density at radius 3 is 2.53 bits per heavy atom. The number of benzene rings is 1. The van der Waals surface area contributed by atoms with Crippen LogP contribution in [0.15, 0.2) is 35.6 Å². The van der Waals surface area contributed by atoms with Crippen molar-refractivity contribution in [1.82, 2.24) is 9.78 Å². The van der Waals surface area contributed by atoms with Gasteiger partial charge < -0.3 is 9.47 Å². The molecule has 0 atom stereocenters. The van der Waals surface area contributed by atoms with Gasteiger partial charge in [-0.15, -0.1) is 0 Å². The summed E-state index contributed by atoms with van der Waals surface area (Å²) in [4.78, 5) is 37.1. The minimum absolute atomic E-state index is 0.0461. The fourth-order valence-corrected chi connectivity index (χ4v) is 2.96. The van der Waals surface area contributed by atoms with Crippen LogP contribution in [0.25, 0.3) is 11.3 Å². The van der Waals surface area contributed by atoms with Crippen LogP contribution in [0.4, 0.5) is 4.39 Å². The molecule has 0 aliphatic carbocycles. The Kier molecular flexibility index (Phi) is 7.39. The van der Waals surface area contributed by atoms with Crippen molar-refractivity contribution in [1.29, 1.82) is 0 Å². The number of esters is 2. The molecule has 7 nitrogen and oxygen atoms in total.